The van der Waals surface area contributed by atoms with E-state index in [1.165, 1.54) is 19.3 Å². The van der Waals surface area contributed by atoms with Gasteiger partial charge in [0.2, 0.25) is 0 Å². The van der Waals surface area contributed by atoms with Crippen LogP contribution in [0.2, 0.25) is 0 Å². The van der Waals surface area contributed by atoms with Gasteiger partial charge in [-0.1, -0.05) is 32.1 Å². The van der Waals surface area contributed by atoms with Gasteiger partial charge < -0.3 is 15.3 Å². The Kier molecular flexibility index (Phi) is 5.98. The molecule has 2 rings (SSSR count). The Labute approximate surface area is 139 Å². The minimum absolute atomic E-state index is 0.131. The van der Waals surface area contributed by atoms with Gasteiger partial charge in [-0.05, 0) is 19.3 Å². The maximum atomic E-state index is 13.0. The predicted octanol–water partition coefficient (Wildman–Crippen LogP) is 3.25. The number of rotatable bonds is 4. The molecule has 1 saturated carbocycles. The van der Waals surface area contributed by atoms with Crippen molar-refractivity contribution in [1.29, 1.82) is 0 Å². The van der Waals surface area contributed by atoms with E-state index in [2.05, 4.69) is 5.32 Å². The molecule has 2 aliphatic rings. The fourth-order valence-electron chi connectivity index (χ4n) is 3.84. The van der Waals surface area contributed by atoms with Crippen molar-refractivity contribution < 1.29 is 27.9 Å². The van der Waals surface area contributed by atoms with Crippen LogP contribution in [0.4, 0.5) is 18.0 Å². The van der Waals surface area contributed by atoms with E-state index in [0.29, 0.717) is 5.92 Å². The number of urea groups is 1. The molecule has 0 radical (unpaired) electrons. The number of halogens is 3. The number of carbonyl (C=O) groups excluding carboxylic acids is 1. The van der Waals surface area contributed by atoms with E-state index in [-0.39, 0.29) is 6.04 Å². The molecular formula is C16H25F3N2O3. The van der Waals surface area contributed by atoms with Crippen molar-refractivity contribution in [3.05, 3.63) is 0 Å². The van der Waals surface area contributed by atoms with Gasteiger partial charge in [-0.25, -0.2) is 4.79 Å². The highest BCUT2D eigenvalue weighted by Crippen LogP contribution is 2.37. The molecule has 1 aliphatic carbocycles. The zero-order valence-electron chi connectivity index (χ0n) is 13.8. The van der Waals surface area contributed by atoms with Crippen LogP contribution in [0.15, 0.2) is 0 Å². The van der Waals surface area contributed by atoms with Crippen molar-refractivity contribution >= 4 is 12.0 Å². The van der Waals surface area contributed by atoms with Gasteiger partial charge in [-0.15, -0.1) is 0 Å². The van der Waals surface area contributed by atoms with E-state index in [4.69, 9.17) is 5.11 Å². The van der Waals surface area contributed by atoms with Crippen LogP contribution in [0.1, 0.15) is 45.4 Å². The van der Waals surface area contributed by atoms with Crippen LogP contribution >= 0.6 is 0 Å². The molecule has 2 amide bonds. The maximum absolute atomic E-state index is 13.0. The van der Waals surface area contributed by atoms with Gasteiger partial charge in [-0.3, -0.25) is 4.79 Å². The fourth-order valence-corrected chi connectivity index (χ4v) is 3.84. The molecule has 3 atom stereocenters. The summed E-state index contributed by atoms with van der Waals surface area (Å²) in [5.74, 6) is -4.57. The third kappa shape index (κ3) is 4.77. The van der Waals surface area contributed by atoms with Crippen LogP contribution in [0, 0.1) is 17.8 Å². The third-order valence-corrected chi connectivity index (χ3v) is 5.13. The average molecular weight is 350 g/mol. The van der Waals surface area contributed by atoms with E-state index in [1.807, 2.05) is 6.92 Å². The number of carbonyl (C=O) groups is 2. The quantitative estimate of drug-likeness (QED) is 0.818. The zero-order chi connectivity index (χ0) is 17.9. The molecule has 0 unspecified atom stereocenters. The number of aliphatic carboxylic acids is 1. The van der Waals surface area contributed by atoms with E-state index in [1.54, 1.807) is 0 Å². The summed E-state index contributed by atoms with van der Waals surface area (Å²) in [6, 6.07) is -0.731. The number of carboxylic acid groups (broad SMARTS) is 1. The molecule has 0 spiro atoms. The van der Waals surface area contributed by atoms with Crippen LogP contribution in [-0.2, 0) is 4.79 Å². The molecule has 8 heteroatoms. The van der Waals surface area contributed by atoms with Gasteiger partial charge in [0, 0.05) is 19.1 Å². The molecule has 0 aromatic rings. The van der Waals surface area contributed by atoms with Gasteiger partial charge in [-0.2, -0.15) is 13.2 Å². The number of hydrogen-bond donors (Lipinski definition) is 2. The first-order chi connectivity index (χ1) is 11.2. The minimum atomic E-state index is -4.62. The van der Waals surface area contributed by atoms with Crippen LogP contribution < -0.4 is 5.32 Å². The molecule has 2 N–H and O–H groups in total. The number of amides is 2. The Morgan fingerprint density at radius 2 is 1.83 bits per heavy atom. The molecule has 0 aromatic carbocycles. The van der Waals surface area contributed by atoms with Crippen molar-refractivity contribution in [1.82, 2.24) is 10.2 Å². The smallest absolute Gasteiger partial charge is 0.394 e. The monoisotopic (exact) mass is 350 g/mol. The second kappa shape index (κ2) is 7.61. The number of alkyl halides is 3. The van der Waals surface area contributed by atoms with Crippen molar-refractivity contribution in [3.63, 3.8) is 0 Å². The third-order valence-electron chi connectivity index (χ3n) is 5.13. The van der Waals surface area contributed by atoms with Gasteiger partial charge in [0.25, 0.3) is 0 Å². The SMILES string of the molecule is C[C@@H](CC1CCCCC1)NC(=O)N1C[C@@H](C(F)(F)F)[C@H](C(=O)O)C1. The molecule has 138 valence electrons. The van der Waals surface area contributed by atoms with E-state index in [0.717, 1.165) is 24.2 Å². The predicted molar refractivity (Wildman–Crippen MR) is 81.4 cm³/mol. The fraction of sp³-hybridized carbons (Fsp3) is 0.875. The normalized spacial score (nSPS) is 27.1. The Bertz CT molecular complexity index is 464. The highest BCUT2D eigenvalue weighted by Gasteiger charge is 2.53. The molecule has 1 saturated heterocycles. The lowest BCUT2D eigenvalue weighted by Crippen LogP contribution is -2.44. The number of nitrogens with one attached hydrogen (secondary N) is 1. The Hall–Kier alpha value is -1.47. The maximum Gasteiger partial charge on any atom is 0.394 e. The lowest BCUT2D eigenvalue weighted by atomic mass is 9.85. The molecule has 0 bridgehead atoms. The topological polar surface area (TPSA) is 69.6 Å². The zero-order valence-corrected chi connectivity index (χ0v) is 13.8. The van der Waals surface area contributed by atoms with Crippen LogP contribution in [0.3, 0.4) is 0 Å². The van der Waals surface area contributed by atoms with E-state index < -0.39 is 43.1 Å². The summed E-state index contributed by atoms with van der Waals surface area (Å²) < 4.78 is 38.9. The summed E-state index contributed by atoms with van der Waals surface area (Å²) >= 11 is 0. The first-order valence-corrected chi connectivity index (χ1v) is 8.53. The molecule has 1 heterocycles. The van der Waals surface area contributed by atoms with Gasteiger partial charge in [0.1, 0.15) is 0 Å². The Morgan fingerprint density at radius 1 is 1.21 bits per heavy atom. The van der Waals surface area contributed by atoms with Gasteiger partial charge >= 0.3 is 18.2 Å². The van der Waals surface area contributed by atoms with Crippen LogP contribution in [-0.4, -0.2) is 47.3 Å². The van der Waals surface area contributed by atoms with Crippen molar-refractivity contribution in [3.8, 4) is 0 Å². The standard InChI is InChI=1S/C16H25F3N2O3/c1-10(7-11-5-3-2-4-6-11)20-15(24)21-8-12(14(22)23)13(9-21)16(17,18)19/h10-13H,2-9H2,1H3,(H,20,24)(H,22,23)/t10-,12+,13+/m0/s1. The number of likely N-dealkylation sites (tertiary alicyclic amines) is 1. The van der Waals surface area contributed by atoms with Crippen molar-refractivity contribution in [2.75, 3.05) is 13.1 Å². The number of carboxylic acids is 1. The summed E-state index contributed by atoms with van der Waals surface area (Å²) in [5, 5.41) is 11.7. The molecule has 0 aromatic heterocycles. The first-order valence-electron chi connectivity index (χ1n) is 8.53. The molecule has 5 nitrogen and oxygen atoms in total. The lowest BCUT2D eigenvalue weighted by molar-refractivity contribution is -0.187. The van der Waals surface area contributed by atoms with E-state index in [9.17, 15) is 22.8 Å². The van der Waals surface area contributed by atoms with Crippen LogP contribution in [0.5, 0.6) is 0 Å². The highest BCUT2D eigenvalue weighted by atomic mass is 19.4. The molecule has 1 aliphatic heterocycles. The van der Waals surface area contributed by atoms with E-state index >= 15 is 0 Å². The molecular weight excluding hydrogens is 325 g/mol. The Balaban J connectivity index is 1.88. The van der Waals surface area contributed by atoms with Crippen LogP contribution in [0.25, 0.3) is 0 Å². The largest absolute Gasteiger partial charge is 0.481 e. The second-order valence-corrected chi connectivity index (χ2v) is 7.09. The number of nitrogens with zero attached hydrogens (tertiary/aromatic N) is 1. The number of hydrogen-bond acceptors (Lipinski definition) is 2. The summed E-state index contributed by atoms with van der Waals surface area (Å²) in [5.41, 5.74) is 0. The summed E-state index contributed by atoms with van der Waals surface area (Å²) in [6.45, 7) is 0.850. The second-order valence-electron chi connectivity index (χ2n) is 7.09. The first kappa shape index (κ1) is 18.9. The van der Waals surface area contributed by atoms with Crippen molar-refractivity contribution in [2.45, 2.75) is 57.7 Å². The average Bonchev–Trinajstić information content (AvgIpc) is 2.93. The minimum Gasteiger partial charge on any atom is -0.481 e. The highest BCUT2D eigenvalue weighted by molar-refractivity contribution is 5.78. The lowest BCUT2D eigenvalue weighted by Gasteiger charge is -2.26. The van der Waals surface area contributed by atoms with Gasteiger partial charge in [0.05, 0.1) is 11.8 Å². The van der Waals surface area contributed by atoms with Crippen molar-refractivity contribution in [2.24, 2.45) is 17.8 Å². The summed E-state index contributed by atoms with van der Waals surface area (Å²) in [7, 11) is 0. The summed E-state index contributed by atoms with van der Waals surface area (Å²) in [4.78, 5) is 24.2. The Morgan fingerprint density at radius 3 is 2.33 bits per heavy atom. The summed E-state index contributed by atoms with van der Waals surface area (Å²) in [6.07, 6.45) is 2.05. The van der Waals surface area contributed by atoms with Gasteiger partial charge in [0.15, 0.2) is 0 Å². The molecule has 2 fully saturated rings. The molecule has 24 heavy (non-hydrogen) atoms.